The summed E-state index contributed by atoms with van der Waals surface area (Å²) in [5.74, 6) is 1.59. The predicted molar refractivity (Wildman–Crippen MR) is 101 cm³/mol. The maximum absolute atomic E-state index is 10.7. The Morgan fingerprint density at radius 2 is 2.08 bits per heavy atom. The molecule has 25 heavy (non-hydrogen) atoms. The van der Waals surface area contributed by atoms with Crippen LogP contribution in [-0.2, 0) is 23.4 Å². The molecule has 2 aromatic rings. The lowest BCUT2D eigenvalue weighted by Crippen LogP contribution is -2.31. The molecule has 0 saturated carbocycles. The van der Waals surface area contributed by atoms with Crippen LogP contribution in [0.5, 0.6) is 0 Å². The van der Waals surface area contributed by atoms with E-state index in [4.69, 9.17) is 9.15 Å². The van der Waals surface area contributed by atoms with E-state index in [-0.39, 0.29) is 0 Å². The lowest BCUT2D eigenvalue weighted by atomic mass is 9.95. The molecule has 1 N–H and O–H groups in total. The average Bonchev–Trinajstić information content (AvgIpc) is 3.37. The Bertz CT molecular complexity index is 627. The van der Waals surface area contributed by atoms with Crippen LogP contribution in [0.2, 0.25) is 0 Å². The van der Waals surface area contributed by atoms with E-state index >= 15 is 0 Å². The third kappa shape index (κ3) is 4.73. The zero-order valence-electron chi connectivity index (χ0n) is 15.2. The molecule has 2 aromatic heterocycles. The van der Waals surface area contributed by atoms with Gasteiger partial charge in [-0.15, -0.1) is 0 Å². The van der Waals surface area contributed by atoms with Crippen LogP contribution in [-0.4, -0.2) is 29.3 Å². The largest absolute Gasteiger partial charge is 0.462 e. The molecule has 1 saturated heterocycles. The lowest BCUT2D eigenvalue weighted by molar-refractivity contribution is 0.00461. The highest BCUT2D eigenvalue weighted by Crippen LogP contribution is 2.30. The summed E-state index contributed by atoms with van der Waals surface area (Å²) in [4.78, 5) is 2.39. The van der Waals surface area contributed by atoms with Gasteiger partial charge in [0.1, 0.15) is 17.1 Å². The number of thiophene rings is 1. The van der Waals surface area contributed by atoms with E-state index in [0.29, 0.717) is 24.7 Å². The van der Waals surface area contributed by atoms with Gasteiger partial charge in [-0.2, -0.15) is 11.3 Å². The summed E-state index contributed by atoms with van der Waals surface area (Å²) < 4.78 is 11.8. The van der Waals surface area contributed by atoms with Gasteiger partial charge in [-0.05, 0) is 60.2 Å². The number of nitrogens with zero attached hydrogens (tertiary/aromatic N) is 1. The summed E-state index contributed by atoms with van der Waals surface area (Å²) >= 11 is 1.73. The van der Waals surface area contributed by atoms with E-state index in [1.807, 2.05) is 26.0 Å². The van der Waals surface area contributed by atoms with Crippen LogP contribution in [0.15, 0.2) is 33.4 Å². The second-order valence-electron chi connectivity index (χ2n) is 6.94. The number of hydrogen-bond donors (Lipinski definition) is 1. The quantitative estimate of drug-likeness (QED) is 0.711. The second kappa shape index (κ2) is 8.49. The third-order valence-corrected chi connectivity index (χ3v) is 5.87. The maximum atomic E-state index is 10.7. The van der Waals surface area contributed by atoms with E-state index in [9.17, 15) is 5.11 Å². The summed E-state index contributed by atoms with van der Waals surface area (Å²) in [6.07, 6.45) is 3.92. The first kappa shape index (κ1) is 18.6. The lowest BCUT2D eigenvalue weighted by Gasteiger charge is -2.25. The van der Waals surface area contributed by atoms with Crippen LogP contribution in [0, 0.1) is 0 Å². The van der Waals surface area contributed by atoms with E-state index in [1.54, 1.807) is 11.3 Å². The third-order valence-electron chi connectivity index (χ3n) is 5.14. The molecule has 1 fully saturated rings. The van der Waals surface area contributed by atoms with Gasteiger partial charge in [0.15, 0.2) is 0 Å². The second-order valence-corrected chi connectivity index (χ2v) is 7.72. The number of aliphatic hydroxyl groups is 1. The van der Waals surface area contributed by atoms with Crippen molar-refractivity contribution in [2.24, 2.45) is 0 Å². The van der Waals surface area contributed by atoms with Crippen molar-refractivity contribution in [2.75, 3.05) is 13.2 Å². The topological polar surface area (TPSA) is 45.8 Å². The fourth-order valence-corrected chi connectivity index (χ4v) is 4.09. The molecule has 0 aromatic carbocycles. The molecule has 0 amide bonds. The summed E-state index contributed by atoms with van der Waals surface area (Å²) in [6.45, 7) is 7.40. The minimum absolute atomic E-state index is 0.316. The van der Waals surface area contributed by atoms with Crippen LogP contribution >= 0.6 is 11.3 Å². The van der Waals surface area contributed by atoms with Crippen LogP contribution in [0.3, 0.4) is 0 Å². The number of furan rings is 1. The zero-order valence-corrected chi connectivity index (χ0v) is 16.1. The van der Waals surface area contributed by atoms with Crippen molar-refractivity contribution >= 4 is 11.3 Å². The van der Waals surface area contributed by atoms with E-state index in [0.717, 1.165) is 44.8 Å². The van der Waals surface area contributed by atoms with Gasteiger partial charge in [-0.25, -0.2) is 0 Å². The number of rotatable bonds is 9. The predicted octanol–water partition coefficient (Wildman–Crippen LogP) is 4.53. The SMILES string of the molecule is CCC(O)(CC)c1ccc(CN(Cc2ccsc2)CC2CCCO2)o1. The molecule has 1 aliphatic rings. The van der Waals surface area contributed by atoms with E-state index in [2.05, 4.69) is 21.7 Å². The standard InChI is InChI=1S/C20H29NO3S/c1-3-20(22,4-2)19-8-7-18(24-19)14-21(12-16-9-11-25-15-16)13-17-6-5-10-23-17/h7-9,11,15,17,22H,3-6,10,12-14H2,1-2H3. The molecule has 1 unspecified atom stereocenters. The molecular weight excluding hydrogens is 334 g/mol. The molecule has 0 bridgehead atoms. The highest BCUT2D eigenvalue weighted by atomic mass is 32.1. The van der Waals surface area contributed by atoms with Crippen molar-refractivity contribution in [1.82, 2.24) is 4.90 Å². The highest BCUT2D eigenvalue weighted by Gasteiger charge is 2.29. The molecule has 1 aliphatic heterocycles. The Morgan fingerprint density at radius 3 is 2.72 bits per heavy atom. The first-order chi connectivity index (χ1) is 12.1. The first-order valence-electron chi connectivity index (χ1n) is 9.29. The number of hydrogen-bond acceptors (Lipinski definition) is 5. The fourth-order valence-electron chi connectivity index (χ4n) is 3.43. The Labute approximate surface area is 154 Å². The molecule has 0 aliphatic carbocycles. The highest BCUT2D eigenvalue weighted by molar-refractivity contribution is 7.07. The zero-order chi connectivity index (χ0) is 17.7. The van der Waals surface area contributed by atoms with E-state index < -0.39 is 5.60 Å². The molecule has 1 atom stereocenters. The molecule has 0 spiro atoms. The van der Waals surface area contributed by atoms with Crippen molar-refractivity contribution < 1.29 is 14.3 Å². The van der Waals surface area contributed by atoms with Crippen molar-refractivity contribution in [3.63, 3.8) is 0 Å². The minimum atomic E-state index is -0.856. The molecule has 3 heterocycles. The molecule has 0 radical (unpaired) electrons. The van der Waals surface area contributed by atoms with Crippen LogP contribution in [0.25, 0.3) is 0 Å². The molecule has 4 nitrogen and oxygen atoms in total. The van der Waals surface area contributed by atoms with Crippen molar-refractivity contribution in [2.45, 2.75) is 64.3 Å². The molecule has 5 heteroatoms. The minimum Gasteiger partial charge on any atom is -0.462 e. The molecule has 3 rings (SSSR count). The van der Waals surface area contributed by atoms with Crippen molar-refractivity contribution in [3.8, 4) is 0 Å². The monoisotopic (exact) mass is 363 g/mol. The van der Waals surface area contributed by atoms with Crippen LogP contribution in [0.4, 0.5) is 0 Å². The first-order valence-corrected chi connectivity index (χ1v) is 10.2. The summed E-state index contributed by atoms with van der Waals surface area (Å²) in [7, 11) is 0. The average molecular weight is 364 g/mol. The molecular formula is C20H29NO3S. The maximum Gasteiger partial charge on any atom is 0.135 e. The van der Waals surface area contributed by atoms with Gasteiger partial charge in [0.05, 0.1) is 12.6 Å². The summed E-state index contributed by atoms with van der Waals surface area (Å²) in [5, 5.41) is 15.0. The van der Waals surface area contributed by atoms with Crippen molar-refractivity contribution in [1.29, 1.82) is 0 Å². The van der Waals surface area contributed by atoms with Gasteiger partial charge in [0.25, 0.3) is 0 Å². The Balaban J connectivity index is 1.69. The Kier molecular flexibility index (Phi) is 6.34. The molecule has 138 valence electrons. The Morgan fingerprint density at radius 1 is 1.24 bits per heavy atom. The normalized spacial score (nSPS) is 18.3. The van der Waals surface area contributed by atoms with Gasteiger partial charge >= 0.3 is 0 Å². The van der Waals surface area contributed by atoms with Gasteiger partial charge in [-0.3, -0.25) is 4.90 Å². The van der Waals surface area contributed by atoms with Gasteiger partial charge in [0, 0.05) is 19.7 Å². The van der Waals surface area contributed by atoms with Crippen LogP contribution < -0.4 is 0 Å². The van der Waals surface area contributed by atoms with E-state index in [1.165, 1.54) is 5.56 Å². The fraction of sp³-hybridized carbons (Fsp3) is 0.600. The van der Waals surface area contributed by atoms with Gasteiger partial charge in [-0.1, -0.05) is 13.8 Å². The van der Waals surface area contributed by atoms with Crippen molar-refractivity contribution in [3.05, 3.63) is 46.0 Å². The van der Waals surface area contributed by atoms with Crippen LogP contribution in [0.1, 0.15) is 56.6 Å². The summed E-state index contributed by atoms with van der Waals surface area (Å²) in [5.41, 5.74) is 0.471. The number of ether oxygens (including phenoxy) is 1. The smallest absolute Gasteiger partial charge is 0.135 e. The Hall–Kier alpha value is -1.14. The summed E-state index contributed by atoms with van der Waals surface area (Å²) in [6, 6.07) is 6.10. The van der Waals surface area contributed by atoms with Gasteiger partial charge in [0.2, 0.25) is 0 Å². The van der Waals surface area contributed by atoms with Gasteiger partial charge < -0.3 is 14.3 Å².